The van der Waals surface area contributed by atoms with Crippen LogP contribution in [0, 0.1) is 0 Å². The van der Waals surface area contributed by atoms with Crippen molar-refractivity contribution >= 4 is 33.2 Å². The van der Waals surface area contributed by atoms with Gasteiger partial charge in [0.2, 0.25) is 15.9 Å². The molecule has 3 rings (SSSR count). The lowest BCUT2D eigenvalue weighted by atomic mass is 10.1. The first kappa shape index (κ1) is 23.6. The summed E-state index contributed by atoms with van der Waals surface area (Å²) >= 11 is 6.05. The van der Waals surface area contributed by atoms with Crippen LogP contribution >= 0.6 is 11.6 Å². The number of hydrogen-bond acceptors (Lipinski definition) is 4. The number of carbonyl (C=O) groups is 1. The summed E-state index contributed by atoms with van der Waals surface area (Å²) in [6.45, 7) is 5.39. The fourth-order valence-corrected chi connectivity index (χ4v) is 5.33. The van der Waals surface area contributed by atoms with Gasteiger partial charge in [-0.1, -0.05) is 48.9 Å². The Morgan fingerprint density at radius 3 is 2.35 bits per heavy atom. The van der Waals surface area contributed by atoms with Crippen LogP contribution in [0.3, 0.4) is 0 Å². The highest BCUT2D eigenvalue weighted by molar-refractivity contribution is 7.92. The van der Waals surface area contributed by atoms with Crippen LogP contribution in [0.15, 0.2) is 48.5 Å². The van der Waals surface area contributed by atoms with Gasteiger partial charge in [-0.05, 0) is 61.7 Å². The Morgan fingerprint density at radius 1 is 1.13 bits per heavy atom. The summed E-state index contributed by atoms with van der Waals surface area (Å²) in [7, 11) is -3.68. The second kappa shape index (κ2) is 10.5. The smallest absolute Gasteiger partial charge is 0.244 e. The van der Waals surface area contributed by atoms with Crippen LogP contribution in [0.1, 0.15) is 37.3 Å². The van der Waals surface area contributed by atoms with Gasteiger partial charge in [-0.3, -0.25) is 14.0 Å². The molecule has 8 heteroatoms. The number of benzene rings is 2. The number of likely N-dealkylation sites (tertiary alicyclic amines) is 1. The molecule has 168 valence electrons. The molecule has 1 heterocycles. The second-order valence-corrected chi connectivity index (χ2v) is 10.3. The van der Waals surface area contributed by atoms with Crippen molar-refractivity contribution in [3.63, 3.8) is 0 Å². The van der Waals surface area contributed by atoms with E-state index in [0.29, 0.717) is 23.7 Å². The van der Waals surface area contributed by atoms with Crippen LogP contribution in [-0.2, 0) is 27.9 Å². The number of halogens is 1. The van der Waals surface area contributed by atoms with Gasteiger partial charge >= 0.3 is 0 Å². The Hall–Kier alpha value is -2.09. The first-order chi connectivity index (χ1) is 14.8. The van der Waals surface area contributed by atoms with Crippen molar-refractivity contribution in [3.05, 3.63) is 64.7 Å². The summed E-state index contributed by atoms with van der Waals surface area (Å²) in [6, 6.07) is 13.9. The Labute approximate surface area is 190 Å². The number of amides is 1. The normalized spacial score (nSPS) is 15.6. The molecular formula is C23H30ClN3O3S. The maximum Gasteiger partial charge on any atom is 0.244 e. The molecule has 1 aliphatic heterocycles. The molecule has 6 nitrogen and oxygen atoms in total. The summed E-state index contributed by atoms with van der Waals surface area (Å²) in [5.74, 6) is -0.339. The summed E-state index contributed by atoms with van der Waals surface area (Å²) in [6.07, 6.45) is 3.97. The highest BCUT2D eigenvalue weighted by Gasteiger charge is 2.31. The van der Waals surface area contributed by atoms with Crippen LogP contribution in [0.4, 0.5) is 5.69 Å². The third-order valence-corrected chi connectivity index (χ3v) is 6.90. The molecule has 1 amide bonds. The first-order valence-electron chi connectivity index (χ1n) is 10.6. The average molecular weight is 464 g/mol. The van der Waals surface area contributed by atoms with Crippen LogP contribution in [0.2, 0.25) is 5.02 Å². The molecule has 1 atom stereocenters. The van der Waals surface area contributed by atoms with Crippen molar-refractivity contribution in [2.45, 2.75) is 45.3 Å². The summed E-state index contributed by atoms with van der Waals surface area (Å²) in [5.41, 5.74) is 2.61. The minimum atomic E-state index is -3.68. The van der Waals surface area contributed by atoms with Gasteiger partial charge < -0.3 is 5.32 Å². The zero-order chi connectivity index (χ0) is 22.4. The fraction of sp³-hybridized carbons (Fsp3) is 0.435. The summed E-state index contributed by atoms with van der Waals surface area (Å²) in [4.78, 5) is 15.4. The lowest BCUT2D eigenvalue weighted by Gasteiger charge is -2.30. The number of sulfonamides is 1. The van der Waals surface area contributed by atoms with E-state index in [2.05, 4.69) is 22.3 Å². The fourth-order valence-electron chi connectivity index (χ4n) is 3.94. The molecule has 1 N–H and O–H groups in total. The predicted octanol–water partition coefficient (Wildman–Crippen LogP) is 3.80. The number of hydrogen-bond donors (Lipinski definition) is 1. The molecule has 2 aromatic rings. The minimum Gasteiger partial charge on any atom is -0.350 e. The van der Waals surface area contributed by atoms with Crippen LogP contribution < -0.4 is 9.62 Å². The molecule has 0 saturated carbocycles. The van der Waals surface area contributed by atoms with E-state index >= 15 is 0 Å². The molecule has 1 saturated heterocycles. The van der Waals surface area contributed by atoms with Gasteiger partial charge in [-0.25, -0.2) is 8.42 Å². The van der Waals surface area contributed by atoms with Crippen molar-refractivity contribution in [2.75, 3.05) is 23.7 Å². The van der Waals surface area contributed by atoms with E-state index in [4.69, 9.17) is 11.6 Å². The number of rotatable bonds is 9. The standard InChI is InChI=1S/C23H30ClN3O3S/c1-3-22(27(31(2,29)30)21-8-6-7-20(24)15-21)23(28)25-16-18-9-11-19(12-10-18)17-26-13-4-5-14-26/h6-12,15,22H,3-5,13-14,16-17H2,1-2H3,(H,25,28). The van der Waals surface area contributed by atoms with E-state index in [-0.39, 0.29) is 5.91 Å². The van der Waals surface area contributed by atoms with Crippen molar-refractivity contribution in [2.24, 2.45) is 0 Å². The second-order valence-electron chi connectivity index (χ2n) is 7.98. The lowest BCUT2D eigenvalue weighted by Crippen LogP contribution is -2.49. The average Bonchev–Trinajstić information content (AvgIpc) is 3.23. The van der Waals surface area contributed by atoms with Gasteiger partial charge in [0.1, 0.15) is 6.04 Å². The van der Waals surface area contributed by atoms with Crippen molar-refractivity contribution in [1.82, 2.24) is 10.2 Å². The maximum atomic E-state index is 12.9. The zero-order valence-corrected chi connectivity index (χ0v) is 19.6. The molecule has 0 aromatic heterocycles. The quantitative estimate of drug-likeness (QED) is 0.614. The van der Waals surface area contributed by atoms with Crippen LogP contribution in [-0.4, -0.2) is 44.6 Å². The Kier molecular flexibility index (Phi) is 7.97. The highest BCUT2D eigenvalue weighted by Crippen LogP contribution is 2.25. The van der Waals surface area contributed by atoms with E-state index in [9.17, 15) is 13.2 Å². The summed E-state index contributed by atoms with van der Waals surface area (Å²) in [5, 5.41) is 3.30. The lowest BCUT2D eigenvalue weighted by molar-refractivity contribution is -0.122. The molecule has 0 aliphatic carbocycles. The number of carbonyl (C=O) groups excluding carboxylic acids is 1. The molecule has 0 bridgehead atoms. The van der Waals surface area contributed by atoms with Crippen molar-refractivity contribution in [3.8, 4) is 0 Å². The predicted molar refractivity (Wildman–Crippen MR) is 126 cm³/mol. The minimum absolute atomic E-state index is 0.334. The Morgan fingerprint density at radius 2 is 1.77 bits per heavy atom. The molecule has 1 unspecified atom stereocenters. The van der Waals surface area contributed by atoms with Crippen LogP contribution in [0.5, 0.6) is 0 Å². The molecule has 1 fully saturated rings. The van der Waals surface area contributed by atoms with Gasteiger partial charge in [0.25, 0.3) is 0 Å². The molecule has 0 spiro atoms. The summed E-state index contributed by atoms with van der Waals surface area (Å²) < 4.78 is 26.1. The van der Waals surface area contributed by atoms with Crippen LogP contribution in [0.25, 0.3) is 0 Å². The zero-order valence-electron chi connectivity index (χ0n) is 18.1. The van der Waals surface area contributed by atoms with Crippen molar-refractivity contribution in [1.29, 1.82) is 0 Å². The number of anilines is 1. The monoisotopic (exact) mass is 463 g/mol. The Bertz CT molecular complexity index is 989. The van der Waals surface area contributed by atoms with Gasteiger partial charge in [-0.15, -0.1) is 0 Å². The number of nitrogens with zero attached hydrogens (tertiary/aromatic N) is 2. The molecule has 1 aliphatic rings. The largest absolute Gasteiger partial charge is 0.350 e. The SMILES string of the molecule is CCC(C(=O)NCc1ccc(CN2CCCC2)cc1)N(c1cccc(Cl)c1)S(C)(=O)=O. The number of nitrogens with one attached hydrogen (secondary N) is 1. The van der Waals surface area contributed by atoms with Gasteiger partial charge in [0.15, 0.2) is 0 Å². The molecule has 31 heavy (non-hydrogen) atoms. The van der Waals surface area contributed by atoms with E-state index in [0.717, 1.165) is 35.8 Å². The van der Waals surface area contributed by atoms with Gasteiger partial charge in [0.05, 0.1) is 11.9 Å². The first-order valence-corrected chi connectivity index (χ1v) is 12.8. The van der Waals surface area contributed by atoms with E-state index in [1.807, 2.05) is 12.1 Å². The maximum absolute atomic E-state index is 12.9. The molecular weight excluding hydrogens is 434 g/mol. The van der Waals surface area contributed by atoms with Gasteiger partial charge in [-0.2, -0.15) is 0 Å². The van der Waals surface area contributed by atoms with Crippen molar-refractivity contribution < 1.29 is 13.2 Å². The topological polar surface area (TPSA) is 69.7 Å². The van der Waals surface area contributed by atoms with E-state index in [1.54, 1.807) is 31.2 Å². The third-order valence-electron chi connectivity index (χ3n) is 5.49. The van der Waals surface area contributed by atoms with Gasteiger partial charge in [0, 0.05) is 18.1 Å². The molecule has 0 radical (unpaired) electrons. The van der Waals surface area contributed by atoms with E-state index < -0.39 is 16.1 Å². The highest BCUT2D eigenvalue weighted by atomic mass is 35.5. The third kappa shape index (κ3) is 6.45. The molecule has 2 aromatic carbocycles. The van der Waals surface area contributed by atoms with E-state index in [1.165, 1.54) is 18.4 Å². The Balaban J connectivity index is 1.66.